The molecule has 0 aliphatic carbocycles. The zero-order valence-electron chi connectivity index (χ0n) is 14.3. The molecule has 26 heavy (non-hydrogen) atoms. The molecule has 1 N–H and O–H groups in total. The minimum absolute atomic E-state index is 0.151. The first-order chi connectivity index (χ1) is 12.2. The summed E-state index contributed by atoms with van der Waals surface area (Å²) in [6.45, 7) is 1.54. The van der Waals surface area contributed by atoms with Gasteiger partial charge in [0.15, 0.2) is 0 Å². The van der Waals surface area contributed by atoms with E-state index in [-0.39, 0.29) is 11.4 Å². The van der Waals surface area contributed by atoms with Crippen LogP contribution >= 0.6 is 0 Å². The fourth-order valence-corrected chi connectivity index (χ4v) is 3.57. The largest absolute Gasteiger partial charge is 0.416 e. The lowest BCUT2D eigenvalue weighted by Crippen LogP contribution is -2.28. The van der Waals surface area contributed by atoms with Crippen LogP contribution in [0.15, 0.2) is 59.5 Å². The predicted octanol–water partition coefficient (Wildman–Crippen LogP) is 3.51. The van der Waals surface area contributed by atoms with Crippen molar-refractivity contribution in [3.8, 4) is 0 Å². The molecule has 0 atom stereocenters. The second-order valence-corrected chi connectivity index (χ2v) is 7.77. The lowest BCUT2D eigenvalue weighted by atomic mass is 10.2. The van der Waals surface area contributed by atoms with Crippen LogP contribution in [-0.2, 0) is 22.7 Å². The van der Waals surface area contributed by atoms with Crippen molar-refractivity contribution in [3.05, 3.63) is 65.7 Å². The SMILES string of the molecule is CN(CCCNS(=O)(=O)c1cccc(C(F)(F)F)c1)Cc1ccccc1. The molecule has 4 nitrogen and oxygen atoms in total. The summed E-state index contributed by atoms with van der Waals surface area (Å²) in [5, 5.41) is 0. The van der Waals surface area contributed by atoms with Gasteiger partial charge in [-0.25, -0.2) is 13.1 Å². The molecule has 2 aromatic rings. The highest BCUT2D eigenvalue weighted by atomic mass is 32.2. The third kappa shape index (κ3) is 6.12. The lowest BCUT2D eigenvalue weighted by Gasteiger charge is -2.17. The van der Waals surface area contributed by atoms with E-state index in [0.29, 0.717) is 19.0 Å². The van der Waals surface area contributed by atoms with E-state index in [2.05, 4.69) is 4.72 Å². The van der Waals surface area contributed by atoms with Crippen molar-refractivity contribution in [2.45, 2.75) is 24.0 Å². The van der Waals surface area contributed by atoms with Crippen LogP contribution in [0.2, 0.25) is 0 Å². The highest BCUT2D eigenvalue weighted by molar-refractivity contribution is 7.89. The van der Waals surface area contributed by atoms with Crippen LogP contribution < -0.4 is 4.72 Å². The van der Waals surface area contributed by atoms with Crippen LogP contribution in [0.25, 0.3) is 0 Å². The Bertz CT molecular complexity index is 809. The molecule has 0 saturated heterocycles. The third-order valence-corrected chi connectivity index (χ3v) is 5.23. The highest BCUT2D eigenvalue weighted by Gasteiger charge is 2.31. The first-order valence-electron chi connectivity index (χ1n) is 8.08. The minimum Gasteiger partial charge on any atom is -0.302 e. The van der Waals surface area contributed by atoms with Crippen molar-refractivity contribution < 1.29 is 21.6 Å². The van der Waals surface area contributed by atoms with Gasteiger partial charge in [-0.3, -0.25) is 0 Å². The van der Waals surface area contributed by atoms with Gasteiger partial charge in [0.25, 0.3) is 0 Å². The molecule has 2 rings (SSSR count). The van der Waals surface area contributed by atoms with E-state index >= 15 is 0 Å². The first-order valence-corrected chi connectivity index (χ1v) is 9.56. The molecule has 0 aromatic heterocycles. The summed E-state index contributed by atoms with van der Waals surface area (Å²) < 4.78 is 64.8. The molecule has 0 aliphatic rings. The average Bonchev–Trinajstić information content (AvgIpc) is 2.59. The fraction of sp³-hybridized carbons (Fsp3) is 0.333. The van der Waals surface area contributed by atoms with Gasteiger partial charge >= 0.3 is 6.18 Å². The van der Waals surface area contributed by atoms with Crippen molar-refractivity contribution in [3.63, 3.8) is 0 Å². The van der Waals surface area contributed by atoms with Crippen molar-refractivity contribution in [1.29, 1.82) is 0 Å². The number of benzene rings is 2. The first kappa shape index (κ1) is 20.4. The monoisotopic (exact) mass is 386 g/mol. The minimum atomic E-state index is -4.58. The number of alkyl halides is 3. The maximum absolute atomic E-state index is 12.7. The van der Waals surface area contributed by atoms with Crippen LogP contribution in [0.4, 0.5) is 13.2 Å². The van der Waals surface area contributed by atoms with E-state index in [9.17, 15) is 21.6 Å². The molecule has 0 bridgehead atoms. The summed E-state index contributed by atoms with van der Waals surface area (Å²) in [5.74, 6) is 0. The van der Waals surface area contributed by atoms with Gasteiger partial charge in [0.1, 0.15) is 0 Å². The Hall–Kier alpha value is -1.90. The van der Waals surface area contributed by atoms with E-state index in [0.717, 1.165) is 30.3 Å². The Labute approximate surface area is 151 Å². The van der Waals surface area contributed by atoms with Crippen molar-refractivity contribution >= 4 is 10.0 Å². The van der Waals surface area contributed by atoms with E-state index in [1.165, 1.54) is 0 Å². The molecular weight excluding hydrogens is 365 g/mol. The Morgan fingerprint density at radius 1 is 1.04 bits per heavy atom. The molecule has 0 amide bonds. The maximum Gasteiger partial charge on any atom is 0.416 e. The van der Waals surface area contributed by atoms with Crippen molar-refractivity contribution in [2.24, 2.45) is 0 Å². The van der Waals surface area contributed by atoms with Crippen LogP contribution in [0.1, 0.15) is 17.5 Å². The summed E-state index contributed by atoms with van der Waals surface area (Å²) in [4.78, 5) is 1.67. The maximum atomic E-state index is 12.7. The Morgan fingerprint density at radius 3 is 2.38 bits per heavy atom. The summed E-state index contributed by atoms with van der Waals surface area (Å²) in [5.41, 5.74) is 0.169. The Balaban J connectivity index is 1.85. The molecule has 0 radical (unpaired) electrons. The molecule has 0 heterocycles. The molecule has 0 fully saturated rings. The van der Waals surface area contributed by atoms with Gasteiger partial charge in [-0.1, -0.05) is 36.4 Å². The normalized spacial score (nSPS) is 12.5. The number of sulfonamides is 1. The molecule has 142 valence electrons. The molecule has 0 unspecified atom stereocenters. The van der Waals surface area contributed by atoms with Gasteiger partial charge in [0.2, 0.25) is 10.0 Å². The number of nitrogens with zero attached hydrogens (tertiary/aromatic N) is 1. The van der Waals surface area contributed by atoms with E-state index in [1.54, 1.807) is 0 Å². The lowest BCUT2D eigenvalue weighted by molar-refractivity contribution is -0.137. The van der Waals surface area contributed by atoms with Gasteiger partial charge in [0.05, 0.1) is 10.5 Å². The van der Waals surface area contributed by atoms with E-state index in [4.69, 9.17) is 0 Å². The fourth-order valence-electron chi connectivity index (χ4n) is 2.45. The number of halogens is 3. The zero-order chi connectivity index (χ0) is 19.2. The van der Waals surface area contributed by atoms with Crippen LogP contribution in [-0.4, -0.2) is 33.5 Å². The highest BCUT2D eigenvalue weighted by Crippen LogP contribution is 2.30. The molecule has 0 spiro atoms. The quantitative estimate of drug-likeness (QED) is 0.707. The van der Waals surface area contributed by atoms with Crippen molar-refractivity contribution in [2.75, 3.05) is 20.1 Å². The van der Waals surface area contributed by atoms with E-state index < -0.39 is 21.8 Å². The van der Waals surface area contributed by atoms with Gasteiger partial charge in [-0.15, -0.1) is 0 Å². The van der Waals surface area contributed by atoms with E-state index in [1.807, 2.05) is 42.3 Å². The Kier molecular flexibility index (Phi) is 6.80. The molecule has 8 heteroatoms. The van der Waals surface area contributed by atoms with Crippen LogP contribution in [0.3, 0.4) is 0 Å². The summed E-state index contributed by atoms with van der Waals surface area (Å²) in [6.07, 6.45) is -4.03. The van der Waals surface area contributed by atoms with Crippen LogP contribution in [0.5, 0.6) is 0 Å². The molecule has 2 aromatic carbocycles. The summed E-state index contributed by atoms with van der Waals surface area (Å²) in [6, 6.07) is 13.6. The standard InChI is InChI=1S/C18H21F3N2O2S/c1-23(14-15-7-3-2-4-8-15)12-6-11-22-26(24,25)17-10-5-9-16(13-17)18(19,20)21/h2-5,7-10,13,22H,6,11-12,14H2,1H3. The predicted molar refractivity (Wildman–Crippen MR) is 94.0 cm³/mol. The average molecular weight is 386 g/mol. The number of nitrogens with one attached hydrogen (secondary N) is 1. The van der Waals surface area contributed by atoms with Gasteiger partial charge in [-0.2, -0.15) is 13.2 Å². The van der Waals surface area contributed by atoms with Gasteiger partial charge < -0.3 is 4.90 Å². The molecular formula is C18H21F3N2O2S. The van der Waals surface area contributed by atoms with Crippen LogP contribution in [0, 0.1) is 0 Å². The third-order valence-electron chi connectivity index (χ3n) is 3.78. The summed E-state index contributed by atoms with van der Waals surface area (Å²) in [7, 11) is -2.04. The molecule has 0 saturated carbocycles. The smallest absolute Gasteiger partial charge is 0.302 e. The molecule has 0 aliphatic heterocycles. The topological polar surface area (TPSA) is 49.4 Å². The number of hydrogen-bond acceptors (Lipinski definition) is 3. The Morgan fingerprint density at radius 2 is 1.73 bits per heavy atom. The summed E-state index contributed by atoms with van der Waals surface area (Å²) >= 11 is 0. The second kappa shape index (κ2) is 8.66. The van der Waals surface area contributed by atoms with Crippen molar-refractivity contribution in [1.82, 2.24) is 9.62 Å². The van der Waals surface area contributed by atoms with Gasteiger partial charge in [0, 0.05) is 13.1 Å². The van der Waals surface area contributed by atoms with Gasteiger partial charge in [-0.05, 0) is 43.8 Å². The number of rotatable bonds is 8. The zero-order valence-corrected chi connectivity index (χ0v) is 15.1. The second-order valence-electron chi connectivity index (χ2n) is 6.00. The number of hydrogen-bond donors (Lipinski definition) is 1.